The number of carbonyl (C=O) groups excluding carboxylic acids is 2. The van der Waals surface area contributed by atoms with E-state index in [2.05, 4.69) is 33.2 Å². The van der Waals surface area contributed by atoms with Crippen LogP contribution in [-0.4, -0.2) is 26.2 Å². The Kier molecular flexibility index (Phi) is 5.02. The molecule has 0 aliphatic heterocycles. The molecule has 1 aromatic carbocycles. The van der Waals surface area contributed by atoms with E-state index >= 15 is 0 Å². The zero-order chi connectivity index (χ0) is 13.4. The van der Waals surface area contributed by atoms with Crippen molar-refractivity contribution in [1.29, 1.82) is 0 Å². The Morgan fingerprint density at radius 2 is 1.17 bits per heavy atom. The maximum Gasteiger partial charge on any atom is 0.384 e. The van der Waals surface area contributed by atoms with Crippen LogP contribution in [0, 0.1) is 23.7 Å². The van der Waals surface area contributed by atoms with Gasteiger partial charge in [-0.2, -0.15) is 0 Å². The lowest BCUT2D eigenvalue weighted by Gasteiger charge is -1.91. The van der Waals surface area contributed by atoms with Gasteiger partial charge in [-0.05, 0) is 24.3 Å². The summed E-state index contributed by atoms with van der Waals surface area (Å²) in [6, 6.07) is 6.77. The van der Waals surface area contributed by atoms with Crippen molar-refractivity contribution in [2.75, 3.05) is 14.2 Å². The summed E-state index contributed by atoms with van der Waals surface area (Å²) in [7, 11) is 2.53. The zero-order valence-corrected chi connectivity index (χ0v) is 9.94. The molecule has 0 saturated heterocycles. The Bertz CT molecular complexity index is 509. The van der Waals surface area contributed by atoms with E-state index in [0.717, 1.165) is 0 Å². The van der Waals surface area contributed by atoms with Crippen LogP contribution in [0.1, 0.15) is 11.1 Å². The van der Waals surface area contributed by atoms with Crippen LogP contribution in [0.3, 0.4) is 0 Å². The average Bonchev–Trinajstić information content (AvgIpc) is 2.43. The lowest BCUT2D eigenvalue weighted by Crippen LogP contribution is -1.94. The highest BCUT2D eigenvalue weighted by molar-refractivity contribution is 5.89. The number of rotatable bonds is 0. The molecule has 0 unspecified atom stereocenters. The van der Waals surface area contributed by atoms with Gasteiger partial charge in [-0.3, -0.25) is 0 Å². The number of methoxy groups -OCH3 is 2. The Balaban J connectivity index is 2.78. The fourth-order valence-corrected chi connectivity index (χ4v) is 0.985. The zero-order valence-electron chi connectivity index (χ0n) is 9.94. The number of hydrogen-bond acceptors (Lipinski definition) is 4. The monoisotopic (exact) mass is 242 g/mol. The highest BCUT2D eigenvalue weighted by Crippen LogP contribution is 2.01. The van der Waals surface area contributed by atoms with Crippen LogP contribution in [0.5, 0.6) is 0 Å². The lowest BCUT2D eigenvalue weighted by molar-refractivity contribution is -0.134. The number of benzene rings is 1. The van der Waals surface area contributed by atoms with E-state index in [1.807, 2.05) is 0 Å². The summed E-state index contributed by atoms with van der Waals surface area (Å²) in [5, 5.41) is 0. The molecule has 0 bridgehead atoms. The van der Waals surface area contributed by atoms with Gasteiger partial charge in [-0.15, -0.1) is 0 Å². The number of ether oxygens (including phenoxy) is 2. The predicted octanol–water partition coefficient (Wildman–Crippen LogP) is 0.736. The van der Waals surface area contributed by atoms with E-state index in [9.17, 15) is 9.59 Å². The molecule has 0 amide bonds. The smallest absolute Gasteiger partial charge is 0.384 e. The minimum atomic E-state index is -0.593. The Morgan fingerprint density at radius 1 is 0.833 bits per heavy atom. The van der Waals surface area contributed by atoms with Crippen molar-refractivity contribution in [1.82, 2.24) is 0 Å². The average molecular weight is 242 g/mol. The van der Waals surface area contributed by atoms with Crippen LogP contribution < -0.4 is 0 Å². The summed E-state index contributed by atoms with van der Waals surface area (Å²) in [4.78, 5) is 21.6. The van der Waals surface area contributed by atoms with Crippen molar-refractivity contribution >= 4 is 11.9 Å². The maximum absolute atomic E-state index is 10.8. The van der Waals surface area contributed by atoms with Crippen LogP contribution in [0.2, 0.25) is 0 Å². The molecule has 0 spiro atoms. The van der Waals surface area contributed by atoms with E-state index in [-0.39, 0.29) is 0 Å². The molecule has 1 aromatic rings. The molecular weight excluding hydrogens is 232 g/mol. The molecule has 0 aliphatic carbocycles. The van der Waals surface area contributed by atoms with E-state index in [0.29, 0.717) is 11.1 Å². The fourth-order valence-electron chi connectivity index (χ4n) is 0.985. The second kappa shape index (κ2) is 6.78. The normalized spacial score (nSPS) is 8.11. The van der Waals surface area contributed by atoms with E-state index in [1.165, 1.54) is 14.2 Å². The standard InChI is InChI=1S/C14H10O4/c1-17-13(15)9-7-11-3-5-12(6-4-11)8-10-14(16)18-2/h3-6H,1-2H3. The van der Waals surface area contributed by atoms with Crippen molar-refractivity contribution in [2.45, 2.75) is 0 Å². The van der Waals surface area contributed by atoms with Crippen molar-refractivity contribution < 1.29 is 19.1 Å². The fraction of sp³-hybridized carbons (Fsp3) is 0.143. The maximum atomic E-state index is 10.8. The van der Waals surface area contributed by atoms with Gasteiger partial charge in [0.15, 0.2) is 0 Å². The van der Waals surface area contributed by atoms with Crippen LogP contribution in [0.15, 0.2) is 24.3 Å². The first-order valence-corrected chi connectivity index (χ1v) is 4.95. The highest BCUT2D eigenvalue weighted by atomic mass is 16.5. The summed E-state index contributed by atoms with van der Waals surface area (Å²) in [6.45, 7) is 0. The summed E-state index contributed by atoms with van der Waals surface area (Å²) in [5.74, 6) is 8.69. The molecule has 0 radical (unpaired) electrons. The van der Waals surface area contributed by atoms with Crippen LogP contribution in [0.4, 0.5) is 0 Å². The second-order valence-corrected chi connectivity index (χ2v) is 3.06. The Morgan fingerprint density at radius 3 is 1.44 bits per heavy atom. The molecule has 0 aliphatic rings. The SMILES string of the molecule is COC(=O)C#Cc1ccc(C#CC(=O)OC)cc1. The summed E-state index contributed by atoms with van der Waals surface area (Å²) >= 11 is 0. The van der Waals surface area contributed by atoms with Gasteiger partial charge in [0.25, 0.3) is 0 Å². The van der Waals surface area contributed by atoms with Crippen molar-refractivity contribution in [3.8, 4) is 23.7 Å². The molecule has 4 nitrogen and oxygen atoms in total. The van der Waals surface area contributed by atoms with Crippen molar-refractivity contribution in [2.24, 2.45) is 0 Å². The van der Waals surface area contributed by atoms with Crippen LogP contribution in [0.25, 0.3) is 0 Å². The molecule has 0 aromatic heterocycles. The molecule has 0 saturated carbocycles. The third-order valence-corrected chi connectivity index (χ3v) is 1.87. The van der Waals surface area contributed by atoms with Crippen molar-refractivity contribution in [3.63, 3.8) is 0 Å². The van der Waals surface area contributed by atoms with E-state index < -0.39 is 11.9 Å². The minimum Gasteiger partial charge on any atom is -0.459 e. The molecule has 1 rings (SSSR count). The lowest BCUT2D eigenvalue weighted by atomic mass is 10.1. The quantitative estimate of drug-likeness (QED) is 0.497. The van der Waals surface area contributed by atoms with Gasteiger partial charge in [-0.1, -0.05) is 11.8 Å². The van der Waals surface area contributed by atoms with Gasteiger partial charge in [0.05, 0.1) is 14.2 Å². The first-order chi connectivity index (χ1) is 8.65. The van der Waals surface area contributed by atoms with Gasteiger partial charge in [0.1, 0.15) is 0 Å². The summed E-state index contributed by atoms with van der Waals surface area (Å²) in [5.41, 5.74) is 1.31. The molecule has 0 heterocycles. The summed E-state index contributed by atoms with van der Waals surface area (Å²) < 4.78 is 8.77. The van der Waals surface area contributed by atoms with Gasteiger partial charge in [0, 0.05) is 23.0 Å². The third-order valence-electron chi connectivity index (χ3n) is 1.87. The van der Waals surface area contributed by atoms with Gasteiger partial charge in [0.2, 0.25) is 0 Å². The van der Waals surface area contributed by atoms with Gasteiger partial charge >= 0.3 is 11.9 Å². The van der Waals surface area contributed by atoms with E-state index in [1.54, 1.807) is 24.3 Å². The molecule has 18 heavy (non-hydrogen) atoms. The first-order valence-electron chi connectivity index (χ1n) is 4.95. The Labute approximate surface area is 105 Å². The molecule has 0 N–H and O–H groups in total. The largest absolute Gasteiger partial charge is 0.459 e. The second-order valence-electron chi connectivity index (χ2n) is 3.06. The molecule has 0 fully saturated rings. The summed E-state index contributed by atoms with van der Waals surface area (Å²) in [6.07, 6.45) is 0. The first kappa shape index (κ1) is 13.3. The Hall–Kier alpha value is -2.72. The molecule has 0 atom stereocenters. The predicted molar refractivity (Wildman–Crippen MR) is 64.2 cm³/mol. The number of hydrogen-bond donors (Lipinski definition) is 0. The minimum absolute atomic E-state index is 0.593. The topological polar surface area (TPSA) is 52.6 Å². The van der Waals surface area contributed by atoms with Crippen LogP contribution >= 0.6 is 0 Å². The molecular formula is C14H10O4. The highest BCUT2D eigenvalue weighted by Gasteiger charge is 1.93. The van der Waals surface area contributed by atoms with Crippen LogP contribution in [-0.2, 0) is 19.1 Å². The third kappa shape index (κ3) is 4.42. The van der Waals surface area contributed by atoms with E-state index in [4.69, 9.17) is 0 Å². The number of esters is 2. The van der Waals surface area contributed by atoms with Crippen molar-refractivity contribution in [3.05, 3.63) is 35.4 Å². The molecule has 4 heteroatoms. The number of carbonyl (C=O) groups is 2. The molecule has 90 valence electrons. The van der Waals surface area contributed by atoms with Gasteiger partial charge < -0.3 is 9.47 Å². The van der Waals surface area contributed by atoms with Gasteiger partial charge in [-0.25, -0.2) is 9.59 Å².